The van der Waals surface area contributed by atoms with Crippen molar-refractivity contribution in [2.24, 2.45) is 0 Å². The predicted octanol–water partition coefficient (Wildman–Crippen LogP) is 2.47. The maximum absolute atomic E-state index is 12.6. The van der Waals surface area contributed by atoms with Gasteiger partial charge in [0.2, 0.25) is 10.0 Å². The summed E-state index contributed by atoms with van der Waals surface area (Å²) in [4.78, 5) is 12.6. The van der Waals surface area contributed by atoms with Crippen molar-refractivity contribution in [3.05, 3.63) is 53.6 Å². The van der Waals surface area contributed by atoms with Crippen LogP contribution in [0.3, 0.4) is 0 Å². The van der Waals surface area contributed by atoms with Crippen LogP contribution in [0.15, 0.2) is 42.5 Å². The molecule has 0 spiro atoms. The van der Waals surface area contributed by atoms with Crippen molar-refractivity contribution in [2.75, 3.05) is 22.4 Å². The number of rotatable bonds is 3. The molecule has 0 radical (unpaired) electrons. The zero-order valence-corrected chi connectivity index (χ0v) is 15.1. The van der Waals surface area contributed by atoms with Crippen molar-refractivity contribution in [2.45, 2.75) is 20.0 Å². The van der Waals surface area contributed by atoms with E-state index in [2.05, 4.69) is 5.32 Å². The second-order valence-electron chi connectivity index (χ2n) is 6.23. The van der Waals surface area contributed by atoms with Gasteiger partial charge < -0.3 is 10.1 Å². The number of aryl methyl sites for hydroxylation is 2. The molecule has 1 aliphatic heterocycles. The largest absolute Gasteiger partial charge is 0.476 e. The molecule has 1 amide bonds. The molecule has 0 fully saturated rings. The van der Waals surface area contributed by atoms with Crippen molar-refractivity contribution < 1.29 is 17.9 Å². The summed E-state index contributed by atoms with van der Waals surface area (Å²) < 4.78 is 31.1. The van der Waals surface area contributed by atoms with Crippen molar-refractivity contribution in [3.63, 3.8) is 0 Å². The molecule has 0 unspecified atom stereocenters. The summed E-state index contributed by atoms with van der Waals surface area (Å²) in [6, 6.07) is 12.5. The number of ether oxygens (including phenoxy) is 1. The molecule has 3 rings (SSSR count). The Morgan fingerprint density at radius 3 is 2.44 bits per heavy atom. The van der Waals surface area contributed by atoms with E-state index in [9.17, 15) is 13.2 Å². The van der Waals surface area contributed by atoms with Crippen LogP contribution in [0.25, 0.3) is 0 Å². The van der Waals surface area contributed by atoms with Gasteiger partial charge in [-0.3, -0.25) is 9.10 Å². The first-order chi connectivity index (χ1) is 11.7. The average molecular weight is 360 g/mol. The first kappa shape index (κ1) is 17.3. The van der Waals surface area contributed by atoms with E-state index in [1.165, 1.54) is 4.31 Å². The first-order valence-electron chi connectivity index (χ1n) is 7.86. The quantitative estimate of drug-likeness (QED) is 0.912. The third-order valence-electron chi connectivity index (χ3n) is 3.92. The highest BCUT2D eigenvalue weighted by molar-refractivity contribution is 7.92. The Balaban J connectivity index is 1.87. The highest BCUT2D eigenvalue weighted by Gasteiger charge is 2.34. The Hall–Kier alpha value is -2.54. The number of carbonyl (C=O) groups excluding carboxylic acids is 1. The highest BCUT2D eigenvalue weighted by Crippen LogP contribution is 2.34. The number of hydrogen-bond donors (Lipinski definition) is 1. The van der Waals surface area contributed by atoms with Crippen LogP contribution in [0.5, 0.6) is 5.75 Å². The van der Waals surface area contributed by atoms with Gasteiger partial charge in [0.05, 0.1) is 18.5 Å². The number of nitrogens with one attached hydrogen (secondary N) is 1. The molecular weight excluding hydrogens is 340 g/mol. The van der Waals surface area contributed by atoms with Crippen molar-refractivity contribution in [1.82, 2.24) is 0 Å². The van der Waals surface area contributed by atoms with Crippen molar-refractivity contribution >= 4 is 27.3 Å². The Labute approximate surface area is 147 Å². The highest BCUT2D eigenvalue weighted by atomic mass is 32.2. The van der Waals surface area contributed by atoms with Gasteiger partial charge in [-0.1, -0.05) is 18.2 Å². The van der Waals surface area contributed by atoms with E-state index >= 15 is 0 Å². The van der Waals surface area contributed by atoms with E-state index < -0.39 is 16.1 Å². The molecule has 25 heavy (non-hydrogen) atoms. The minimum absolute atomic E-state index is 0.0630. The number of sulfonamides is 1. The van der Waals surface area contributed by atoms with Crippen LogP contribution in [0.1, 0.15) is 11.1 Å². The predicted molar refractivity (Wildman–Crippen MR) is 97.6 cm³/mol. The molecule has 1 aliphatic rings. The molecule has 0 aliphatic carbocycles. The van der Waals surface area contributed by atoms with Crippen LogP contribution in [-0.4, -0.2) is 33.2 Å². The fourth-order valence-corrected chi connectivity index (χ4v) is 3.84. The van der Waals surface area contributed by atoms with Crippen LogP contribution in [-0.2, 0) is 14.8 Å². The van der Waals surface area contributed by atoms with Gasteiger partial charge in [-0.15, -0.1) is 0 Å². The normalized spacial score (nSPS) is 16.8. The molecule has 132 valence electrons. The average Bonchev–Trinajstić information content (AvgIpc) is 2.51. The number of carbonyl (C=O) groups is 1. The smallest absolute Gasteiger partial charge is 0.267 e. The number of benzene rings is 2. The van der Waals surface area contributed by atoms with E-state index in [1.807, 2.05) is 32.0 Å². The number of para-hydroxylation sites is 2. The topological polar surface area (TPSA) is 75.7 Å². The van der Waals surface area contributed by atoms with Gasteiger partial charge in [0, 0.05) is 5.69 Å². The van der Waals surface area contributed by atoms with Crippen LogP contribution >= 0.6 is 0 Å². The number of hydrogen-bond acceptors (Lipinski definition) is 4. The van der Waals surface area contributed by atoms with E-state index in [-0.39, 0.29) is 12.5 Å². The minimum atomic E-state index is -3.52. The zero-order chi connectivity index (χ0) is 18.2. The van der Waals surface area contributed by atoms with Crippen molar-refractivity contribution in [1.29, 1.82) is 0 Å². The molecule has 6 nitrogen and oxygen atoms in total. The second kappa shape index (κ2) is 6.40. The molecular formula is C18H20N2O4S. The summed E-state index contributed by atoms with van der Waals surface area (Å²) in [5, 5.41) is 2.81. The minimum Gasteiger partial charge on any atom is -0.476 e. The summed E-state index contributed by atoms with van der Waals surface area (Å²) in [5.41, 5.74) is 3.17. The van der Waals surface area contributed by atoms with Crippen LogP contribution < -0.4 is 14.4 Å². The zero-order valence-electron chi connectivity index (χ0n) is 14.3. The molecule has 1 N–H and O–H groups in total. The van der Waals surface area contributed by atoms with Crippen LogP contribution in [0.2, 0.25) is 0 Å². The van der Waals surface area contributed by atoms with Gasteiger partial charge in [-0.05, 0) is 49.2 Å². The Morgan fingerprint density at radius 1 is 1.16 bits per heavy atom. The Bertz CT molecular complexity index is 904. The van der Waals surface area contributed by atoms with Gasteiger partial charge in [0.15, 0.2) is 6.10 Å². The summed E-state index contributed by atoms with van der Waals surface area (Å²) in [6.45, 7) is 3.83. The van der Waals surface area contributed by atoms with Gasteiger partial charge in [-0.2, -0.15) is 0 Å². The fraction of sp³-hybridized carbons (Fsp3) is 0.278. The summed E-state index contributed by atoms with van der Waals surface area (Å²) >= 11 is 0. The number of fused-ring (bicyclic) bond motifs is 1. The Morgan fingerprint density at radius 2 is 1.80 bits per heavy atom. The van der Waals surface area contributed by atoms with Gasteiger partial charge in [0.25, 0.3) is 5.91 Å². The molecule has 0 saturated carbocycles. The maximum atomic E-state index is 12.6. The summed E-state index contributed by atoms with van der Waals surface area (Å²) in [6.07, 6.45) is 0.194. The van der Waals surface area contributed by atoms with Crippen molar-refractivity contribution in [3.8, 4) is 5.75 Å². The molecule has 1 atom stereocenters. The van der Waals surface area contributed by atoms with E-state index in [0.29, 0.717) is 17.1 Å². The summed E-state index contributed by atoms with van der Waals surface area (Å²) in [5.74, 6) is -0.00657. The lowest BCUT2D eigenvalue weighted by atomic mass is 10.1. The first-order valence-corrected chi connectivity index (χ1v) is 9.71. The molecule has 2 aromatic rings. The Kier molecular flexibility index (Phi) is 4.43. The lowest BCUT2D eigenvalue weighted by Crippen LogP contribution is -2.48. The molecule has 0 aromatic heterocycles. The monoisotopic (exact) mass is 360 g/mol. The lowest BCUT2D eigenvalue weighted by Gasteiger charge is -2.33. The number of anilines is 2. The third-order valence-corrected chi connectivity index (χ3v) is 5.06. The van der Waals surface area contributed by atoms with E-state index in [1.54, 1.807) is 24.3 Å². The van der Waals surface area contributed by atoms with Gasteiger partial charge in [-0.25, -0.2) is 8.42 Å². The molecule has 0 bridgehead atoms. The maximum Gasteiger partial charge on any atom is 0.267 e. The third kappa shape index (κ3) is 3.76. The van der Waals surface area contributed by atoms with Crippen LogP contribution in [0.4, 0.5) is 11.4 Å². The molecule has 0 saturated heterocycles. The van der Waals surface area contributed by atoms with E-state index in [0.717, 1.165) is 17.4 Å². The van der Waals surface area contributed by atoms with Gasteiger partial charge in [0.1, 0.15) is 5.75 Å². The van der Waals surface area contributed by atoms with Crippen LogP contribution in [0, 0.1) is 13.8 Å². The lowest BCUT2D eigenvalue weighted by molar-refractivity contribution is -0.122. The van der Waals surface area contributed by atoms with E-state index in [4.69, 9.17) is 4.74 Å². The molecule has 2 aromatic carbocycles. The second-order valence-corrected chi connectivity index (χ2v) is 8.14. The van der Waals surface area contributed by atoms with Gasteiger partial charge >= 0.3 is 0 Å². The SMILES string of the molecule is Cc1cc(C)cc(NC(=O)[C@@H]2CN(S(C)(=O)=O)c3ccccc3O2)c1. The number of nitrogens with zero attached hydrogens (tertiary/aromatic N) is 1. The molecule has 7 heteroatoms. The summed E-state index contributed by atoms with van der Waals surface area (Å²) in [7, 11) is -3.52. The fourth-order valence-electron chi connectivity index (χ4n) is 2.92. The standard InChI is InChI=1S/C18H20N2O4S/c1-12-8-13(2)10-14(9-12)19-18(21)17-11-20(25(3,22)23)15-6-4-5-7-16(15)24-17/h4-10,17H,11H2,1-3H3,(H,19,21)/t17-/m0/s1. The number of amides is 1. The molecule has 1 heterocycles.